The zero-order chi connectivity index (χ0) is 13.4. The minimum absolute atomic E-state index is 0.113. The molecule has 0 unspecified atom stereocenters. The number of rotatable bonds is 4. The quantitative estimate of drug-likeness (QED) is 0.598. The van der Waals surface area contributed by atoms with E-state index in [1.165, 1.54) is 0 Å². The lowest BCUT2D eigenvalue weighted by atomic mass is 10.2. The van der Waals surface area contributed by atoms with Crippen LogP contribution in [-0.4, -0.2) is 17.9 Å². The molecule has 1 rings (SSSR count). The summed E-state index contributed by atoms with van der Waals surface area (Å²) in [6.07, 6.45) is 1.79. The van der Waals surface area contributed by atoms with Crippen molar-refractivity contribution in [3.05, 3.63) is 48.0 Å². The van der Waals surface area contributed by atoms with Gasteiger partial charge >= 0.3 is 12.0 Å². The molecule has 94 valence electrons. The van der Waals surface area contributed by atoms with Gasteiger partial charge < -0.3 is 10.5 Å². The topological polar surface area (TPSA) is 98.5 Å². The fourth-order valence-electron chi connectivity index (χ4n) is 1.08. The van der Waals surface area contributed by atoms with Crippen LogP contribution in [0.1, 0.15) is 5.56 Å². The highest BCUT2D eigenvalue weighted by atomic mass is 16.5. The number of nitrogens with one attached hydrogen (secondary N) is 1. The second kappa shape index (κ2) is 6.85. The van der Waals surface area contributed by atoms with E-state index >= 15 is 0 Å². The van der Waals surface area contributed by atoms with Crippen LogP contribution < -0.4 is 11.1 Å². The molecule has 3 amide bonds. The van der Waals surface area contributed by atoms with Gasteiger partial charge in [0, 0.05) is 12.2 Å². The lowest BCUT2D eigenvalue weighted by molar-refractivity contribution is -0.139. The lowest BCUT2D eigenvalue weighted by Gasteiger charge is -2.01. The molecule has 0 aliphatic rings. The number of hydrogen-bond acceptors (Lipinski definition) is 4. The first-order valence-corrected chi connectivity index (χ1v) is 5.07. The third-order valence-electron chi connectivity index (χ3n) is 1.84. The third-order valence-corrected chi connectivity index (χ3v) is 1.84. The number of primary amides is 1. The predicted molar refractivity (Wildman–Crippen MR) is 63.1 cm³/mol. The van der Waals surface area contributed by atoms with E-state index in [4.69, 9.17) is 10.5 Å². The number of nitrogens with two attached hydrogens (primary N) is 1. The van der Waals surface area contributed by atoms with Crippen LogP contribution >= 0.6 is 0 Å². The molecule has 0 aromatic heterocycles. The standard InChI is InChI=1S/C12H12N2O4/c13-12(17)14-10(15)6-7-11(16)18-8-9-4-2-1-3-5-9/h1-7H,8H2,(H3,13,14,15,17). The number of imide groups is 1. The molecule has 0 aliphatic heterocycles. The molecule has 0 saturated heterocycles. The number of hydrogen-bond donors (Lipinski definition) is 2. The summed E-state index contributed by atoms with van der Waals surface area (Å²) in [5.74, 6) is -1.46. The van der Waals surface area contributed by atoms with Gasteiger partial charge in [0.15, 0.2) is 0 Å². The maximum absolute atomic E-state index is 11.2. The molecular weight excluding hydrogens is 236 g/mol. The van der Waals surface area contributed by atoms with Gasteiger partial charge in [0.25, 0.3) is 5.91 Å². The van der Waals surface area contributed by atoms with E-state index in [9.17, 15) is 14.4 Å². The average molecular weight is 248 g/mol. The second-order valence-electron chi connectivity index (χ2n) is 3.28. The van der Waals surface area contributed by atoms with Gasteiger partial charge in [0.1, 0.15) is 6.61 Å². The van der Waals surface area contributed by atoms with Crippen molar-refractivity contribution in [3.63, 3.8) is 0 Å². The van der Waals surface area contributed by atoms with Gasteiger partial charge in [0.05, 0.1) is 0 Å². The van der Waals surface area contributed by atoms with E-state index < -0.39 is 17.9 Å². The van der Waals surface area contributed by atoms with Crippen LogP contribution in [0.3, 0.4) is 0 Å². The van der Waals surface area contributed by atoms with Crippen molar-refractivity contribution in [3.8, 4) is 0 Å². The average Bonchev–Trinajstić information content (AvgIpc) is 2.34. The number of ether oxygens (including phenoxy) is 1. The van der Waals surface area contributed by atoms with E-state index in [1.54, 1.807) is 17.4 Å². The van der Waals surface area contributed by atoms with Crippen LogP contribution in [0.25, 0.3) is 0 Å². The van der Waals surface area contributed by atoms with Gasteiger partial charge in [-0.1, -0.05) is 30.3 Å². The van der Waals surface area contributed by atoms with Crippen LogP contribution in [0.15, 0.2) is 42.5 Å². The summed E-state index contributed by atoms with van der Waals surface area (Å²) in [5.41, 5.74) is 5.55. The lowest BCUT2D eigenvalue weighted by Crippen LogP contribution is -2.33. The summed E-state index contributed by atoms with van der Waals surface area (Å²) >= 11 is 0. The molecule has 0 spiro atoms. The number of urea groups is 1. The normalized spacial score (nSPS) is 10.0. The van der Waals surface area contributed by atoms with Crippen molar-refractivity contribution in [1.29, 1.82) is 0 Å². The Morgan fingerprint density at radius 3 is 2.44 bits per heavy atom. The van der Waals surface area contributed by atoms with E-state index in [0.717, 1.165) is 17.7 Å². The van der Waals surface area contributed by atoms with Gasteiger partial charge in [-0.2, -0.15) is 0 Å². The van der Waals surface area contributed by atoms with Crippen LogP contribution in [0.2, 0.25) is 0 Å². The zero-order valence-electron chi connectivity index (χ0n) is 9.46. The maximum Gasteiger partial charge on any atom is 0.331 e. The molecule has 0 fully saturated rings. The zero-order valence-corrected chi connectivity index (χ0v) is 9.46. The Labute approximate surface area is 103 Å². The number of carbonyl (C=O) groups is 3. The molecule has 0 heterocycles. The Hall–Kier alpha value is -2.63. The fraction of sp³-hybridized carbons (Fsp3) is 0.0833. The SMILES string of the molecule is NC(=O)NC(=O)C=CC(=O)OCc1ccccc1. The van der Waals surface area contributed by atoms with Crippen LogP contribution in [0, 0.1) is 0 Å². The van der Waals surface area contributed by atoms with Crippen molar-refractivity contribution >= 4 is 17.9 Å². The van der Waals surface area contributed by atoms with Crippen LogP contribution in [0.5, 0.6) is 0 Å². The molecule has 0 saturated carbocycles. The monoisotopic (exact) mass is 248 g/mol. The van der Waals surface area contributed by atoms with E-state index in [-0.39, 0.29) is 6.61 Å². The maximum atomic E-state index is 11.2. The second-order valence-corrected chi connectivity index (χ2v) is 3.28. The molecule has 6 nitrogen and oxygen atoms in total. The van der Waals surface area contributed by atoms with E-state index in [2.05, 4.69) is 0 Å². The number of benzene rings is 1. The predicted octanol–water partition coefficient (Wildman–Crippen LogP) is 0.481. The highest BCUT2D eigenvalue weighted by molar-refractivity contribution is 6.02. The van der Waals surface area contributed by atoms with Crippen molar-refractivity contribution in [2.45, 2.75) is 6.61 Å². The minimum Gasteiger partial charge on any atom is -0.458 e. The van der Waals surface area contributed by atoms with Gasteiger partial charge in [-0.15, -0.1) is 0 Å². The Balaban J connectivity index is 2.36. The first-order valence-electron chi connectivity index (χ1n) is 5.07. The molecule has 1 aromatic rings. The summed E-state index contributed by atoms with van der Waals surface area (Å²) in [7, 11) is 0. The summed E-state index contributed by atoms with van der Waals surface area (Å²) in [6.45, 7) is 0.113. The highest BCUT2D eigenvalue weighted by Crippen LogP contribution is 2.00. The third kappa shape index (κ3) is 5.45. The largest absolute Gasteiger partial charge is 0.458 e. The van der Waals surface area contributed by atoms with E-state index in [1.807, 2.05) is 18.2 Å². The van der Waals surface area contributed by atoms with Crippen molar-refractivity contribution in [2.24, 2.45) is 5.73 Å². The number of carbonyl (C=O) groups excluding carboxylic acids is 3. The fourth-order valence-corrected chi connectivity index (χ4v) is 1.08. The smallest absolute Gasteiger partial charge is 0.331 e. The van der Waals surface area contributed by atoms with Gasteiger partial charge in [-0.05, 0) is 5.56 Å². The minimum atomic E-state index is -0.984. The van der Waals surface area contributed by atoms with Crippen molar-refractivity contribution < 1.29 is 19.1 Å². The van der Waals surface area contributed by atoms with Crippen molar-refractivity contribution in [1.82, 2.24) is 5.32 Å². The van der Waals surface area contributed by atoms with Crippen LogP contribution in [0.4, 0.5) is 4.79 Å². The molecule has 18 heavy (non-hydrogen) atoms. The molecule has 0 bridgehead atoms. The summed E-state index contributed by atoms with van der Waals surface area (Å²) in [6, 6.07) is 8.10. The molecule has 0 aliphatic carbocycles. The van der Waals surface area contributed by atoms with E-state index in [0.29, 0.717) is 0 Å². The number of esters is 1. The van der Waals surface area contributed by atoms with Gasteiger partial charge in [-0.25, -0.2) is 9.59 Å². The summed E-state index contributed by atoms with van der Waals surface area (Å²) < 4.78 is 4.86. The Kier molecular flexibility index (Phi) is 5.11. The Morgan fingerprint density at radius 1 is 1.17 bits per heavy atom. The highest BCUT2D eigenvalue weighted by Gasteiger charge is 2.02. The molecule has 3 N–H and O–H groups in total. The summed E-state index contributed by atoms with van der Waals surface area (Å²) in [5, 5.41) is 1.78. The van der Waals surface area contributed by atoms with Gasteiger partial charge in [0.2, 0.25) is 0 Å². The molecule has 1 aromatic carbocycles. The first-order chi connectivity index (χ1) is 8.58. The Bertz CT molecular complexity index is 468. The molecule has 0 radical (unpaired) electrons. The van der Waals surface area contributed by atoms with Crippen molar-refractivity contribution in [2.75, 3.05) is 0 Å². The van der Waals surface area contributed by atoms with Crippen LogP contribution in [-0.2, 0) is 20.9 Å². The van der Waals surface area contributed by atoms with Gasteiger partial charge in [-0.3, -0.25) is 10.1 Å². The molecular formula is C12H12N2O4. The Morgan fingerprint density at radius 2 is 1.83 bits per heavy atom. The number of amides is 3. The molecule has 0 atom stereocenters. The first kappa shape index (κ1) is 13.4. The molecule has 6 heteroatoms. The summed E-state index contributed by atoms with van der Waals surface area (Å²) in [4.78, 5) is 32.4.